The fraction of sp³-hybridized carbons (Fsp3) is 0.200. The molecule has 0 aliphatic heterocycles. The van der Waals surface area contributed by atoms with Crippen LogP contribution in [-0.4, -0.2) is 17.1 Å². The summed E-state index contributed by atoms with van der Waals surface area (Å²) in [5.74, 6) is -0.831. The molecule has 0 bridgehead atoms. The van der Waals surface area contributed by atoms with Gasteiger partial charge in [0.2, 0.25) is 0 Å². The van der Waals surface area contributed by atoms with Crippen LogP contribution in [0.15, 0.2) is 40.5 Å². The van der Waals surface area contributed by atoms with Crippen molar-refractivity contribution in [3.63, 3.8) is 0 Å². The van der Waals surface area contributed by atoms with E-state index < -0.39 is 5.97 Å². The number of ether oxygens (including phenoxy) is 1. The van der Waals surface area contributed by atoms with Gasteiger partial charge >= 0.3 is 5.97 Å². The van der Waals surface area contributed by atoms with Gasteiger partial charge in [-0.3, -0.25) is 9.36 Å². The molecule has 1 aromatic carbocycles. The summed E-state index contributed by atoms with van der Waals surface area (Å²) in [6.45, 7) is 4.22. The first-order valence-electron chi connectivity index (χ1n) is 8.36. The molecule has 0 saturated heterocycles. The summed E-state index contributed by atoms with van der Waals surface area (Å²) in [6, 6.07) is 7.95. The quantitative estimate of drug-likeness (QED) is 0.616. The van der Waals surface area contributed by atoms with Crippen molar-refractivity contribution in [1.82, 2.24) is 4.57 Å². The molecule has 0 amide bonds. The molecule has 140 valence electrons. The fourth-order valence-corrected chi connectivity index (χ4v) is 4.45. The minimum Gasteiger partial charge on any atom is -0.463 e. The van der Waals surface area contributed by atoms with E-state index in [1.807, 2.05) is 24.4 Å². The van der Waals surface area contributed by atoms with Gasteiger partial charge in [-0.15, -0.1) is 22.7 Å². The first kappa shape index (κ1) is 19.3. The van der Waals surface area contributed by atoms with Crippen LogP contribution in [0.2, 0.25) is 0 Å². The topological polar surface area (TPSA) is 48.3 Å². The van der Waals surface area contributed by atoms with Crippen molar-refractivity contribution in [2.24, 2.45) is 0 Å². The zero-order valence-electron chi connectivity index (χ0n) is 14.9. The van der Waals surface area contributed by atoms with Crippen molar-refractivity contribution >= 4 is 40.8 Å². The van der Waals surface area contributed by atoms with Gasteiger partial charge in [-0.05, 0) is 54.6 Å². The first-order valence-corrected chi connectivity index (χ1v) is 10.1. The molecule has 2 aromatic heterocycles. The predicted molar refractivity (Wildman–Crippen MR) is 107 cm³/mol. The van der Waals surface area contributed by atoms with E-state index in [2.05, 4.69) is 0 Å². The molecule has 0 aliphatic carbocycles. The van der Waals surface area contributed by atoms with Crippen LogP contribution in [0.3, 0.4) is 0 Å². The SMILES string of the molecule is CCOC(=O)/C=c1\s/c(=C/c2sccc2C)c(=O)n1Cc1ccc(F)cc1. The number of nitrogens with zero attached hydrogens (tertiary/aromatic N) is 1. The van der Waals surface area contributed by atoms with Gasteiger partial charge in [-0.25, -0.2) is 9.18 Å². The molecule has 7 heteroatoms. The van der Waals surface area contributed by atoms with E-state index in [9.17, 15) is 14.0 Å². The summed E-state index contributed by atoms with van der Waals surface area (Å²) >= 11 is 2.80. The van der Waals surface area contributed by atoms with E-state index in [0.29, 0.717) is 9.20 Å². The number of thiazole rings is 1. The number of hydrogen-bond donors (Lipinski definition) is 0. The van der Waals surface area contributed by atoms with E-state index in [0.717, 1.165) is 16.0 Å². The Morgan fingerprint density at radius 2 is 2.00 bits per heavy atom. The monoisotopic (exact) mass is 403 g/mol. The Labute approximate surface area is 163 Å². The Hall–Kier alpha value is -2.51. The lowest BCUT2D eigenvalue weighted by Crippen LogP contribution is -2.32. The third kappa shape index (κ3) is 4.61. The van der Waals surface area contributed by atoms with Gasteiger partial charge in [-0.1, -0.05) is 12.1 Å². The van der Waals surface area contributed by atoms with Gasteiger partial charge in [-0.2, -0.15) is 0 Å². The highest BCUT2D eigenvalue weighted by Crippen LogP contribution is 2.15. The van der Waals surface area contributed by atoms with Crippen molar-refractivity contribution in [2.45, 2.75) is 20.4 Å². The van der Waals surface area contributed by atoms with Crippen LogP contribution in [0.25, 0.3) is 12.2 Å². The highest BCUT2D eigenvalue weighted by Gasteiger charge is 2.09. The van der Waals surface area contributed by atoms with Crippen LogP contribution in [0.4, 0.5) is 4.39 Å². The van der Waals surface area contributed by atoms with Crippen molar-refractivity contribution in [3.8, 4) is 0 Å². The number of carbonyl (C=O) groups excluding carboxylic acids is 1. The predicted octanol–water partition coefficient (Wildman–Crippen LogP) is 2.64. The molecule has 0 saturated carbocycles. The summed E-state index contributed by atoms with van der Waals surface area (Å²) < 4.78 is 20.7. The number of benzene rings is 1. The van der Waals surface area contributed by atoms with Gasteiger partial charge in [0, 0.05) is 4.88 Å². The zero-order chi connectivity index (χ0) is 19.4. The Bertz CT molecular complexity index is 1120. The number of esters is 1. The Morgan fingerprint density at radius 1 is 1.26 bits per heavy atom. The normalized spacial score (nSPS) is 12.6. The average molecular weight is 404 g/mol. The number of aryl methyl sites for hydroxylation is 1. The average Bonchev–Trinajstić information content (AvgIpc) is 3.16. The largest absolute Gasteiger partial charge is 0.463 e. The first-order chi connectivity index (χ1) is 13.0. The number of carbonyl (C=O) groups is 1. The van der Waals surface area contributed by atoms with Crippen LogP contribution in [0, 0.1) is 12.7 Å². The molecule has 3 aromatic rings. The van der Waals surface area contributed by atoms with Gasteiger partial charge in [0.15, 0.2) is 0 Å². The molecule has 0 fully saturated rings. The van der Waals surface area contributed by atoms with Crippen molar-refractivity contribution in [3.05, 3.63) is 77.1 Å². The molecular weight excluding hydrogens is 385 g/mol. The molecule has 4 nitrogen and oxygen atoms in total. The number of halogens is 1. The molecule has 0 unspecified atom stereocenters. The van der Waals surface area contributed by atoms with E-state index in [4.69, 9.17) is 4.74 Å². The third-order valence-electron chi connectivity index (χ3n) is 3.88. The zero-order valence-corrected chi connectivity index (χ0v) is 16.5. The molecular formula is C20H18FNO3S2. The summed E-state index contributed by atoms with van der Waals surface area (Å²) in [6.07, 6.45) is 3.17. The molecule has 2 heterocycles. The van der Waals surface area contributed by atoms with E-state index in [1.165, 1.54) is 34.1 Å². The maximum absolute atomic E-state index is 13.2. The smallest absolute Gasteiger partial charge is 0.333 e. The number of thiophene rings is 1. The van der Waals surface area contributed by atoms with Crippen molar-refractivity contribution in [2.75, 3.05) is 6.61 Å². The third-order valence-corrected chi connectivity index (χ3v) is 5.91. The molecule has 3 rings (SSSR count). The van der Waals surface area contributed by atoms with Crippen LogP contribution in [-0.2, 0) is 16.1 Å². The summed E-state index contributed by atoms with van der Waals surface area (Å²) in [7, 11) is 0. The van der Waals surface area contributed by atoms with Crippen LogP contribution in [0.5, 0.6) is 0 Å². The van der Waals surface area contributed by atoms with Gasteiger partial charge in [0.25, 0.3) is 5.56 Å². The molecule has 0 aliphatic rings. The highest BCUT2D eigenvalue weighted by molar-refractivity contribution is 7.11. The lowest BCUT2D eigenvalue weighted by atomic mass is 10.2. The van der Waals surface area contributed by atoms with E-state index >= 15 is 0 Å². The highest BCUT2D eigenvalue weighted by atomic mass is 32.1. The second-order valence-corrected chi connectivity index (χ2v) is 7.84. The summed E-state index contributed by atoms with van der Waals surface area (Å²) in [4.78, 5) is 25.9. The summed E-state index contributed by atoms with van der Waals surface area (Å²) in [5.41, 5.74) is 1.68. The van der Waals surface area contributed by atoms with Gasteiger partial charge in [0.1, 0.15) is 10.5 Å². The van der Waals surface area contributed by atoms with Crippen LogP contribution < -0.4 is 14.8 Å². The second-order valence-electron chi connectivity index (χ2n) is 5.83. The minimum absolute atomic E-state index is 0.187. The van der Waals surface area contributed by atoms with Crippen LogP contribution in [0.1, 0.15) is 22.9 Å². The number of rotatable bonds is 5. The van der Waals surface area contributed by atoms with E-state index in [1.54, 1.807) is 30.4 Å². The molecule has 0 N–H and O–H groups in total. The number of aromatic nitrogens is 1. The lowest BCUT2D eigenvalue weighted by molar-refractivity contribution is -0.135. The number of hydrogen-bond acceptors (Lipinski definition) is 5. The van der Waals surface area contributed by atoms with Crippen LogP contribution >= 0.6 is 22.7 Å². The standard InChI is InChI=1S/C20H18FNO3S2/c1-3-25-19(23)11-18-22(12-14-4-6-15(21)7-5-14)20(24)17(27-18)10-16-13(2)8-9-26-16/h4-11H,3,12H2,1-2H3/b17-10+,18-11-. The second kappa shape index (κ2) is 8.45. The van der Waals surface area contributed by atoms with Gasteiger partial charge < -0.3 is 4.74 Å². The lowest BCUT2D eigenvalue weighted by Gasteiger charge is -2.03. The molecule has 0 radical (unpaired) electrons. The van der Waals surface area contributed by atoms with Gasteiger partial charge in [0.05, 0.1) is 23.8 Å². The Balaban J connectivity index is 2.13. The maximum atomic E-state index is 13.2. The Kier molecular flexibility index (Phi) is 6.03. The summed E-state index contributed by atoms with van der Waals surface area (Å²) in [5, 5.41) is 1.97. The molecule has 0 spiro atoms. The molecule has 0 atom stereocenters. The maximum Gasteiger partial charge on any atom is 0.333 e. The minimum atomic E-state index is -0.495. The van der Waals surface area contributed by atoms with E-state index in [-0.39, 0.29) is 24.5 Å². The van der Waals surface area contributed by atoms with Crippen molar-refractivity contribution < 1.29 is 13.9 Å². The van der Waals surface area contributed by atoms with Crippen molar-refractivity contribution in [1.29, 1.82) is 0 Å². The fourth-order valence-electron chi connectivity index (χ4n) is 2.50. The molecule has 27 heavy (non-hydrogen) atoms. The Morgan fingerprint density at radius 3 is 2.63 bits per heavy atom.